The number of carbonyl (C=O) groups excluding carboxylic acids is 1. The molecule has 0 aliphatic carbocycles. The highest BCUT2D eigenvalue weighted by atomic mass is 35.5. The molecule has 0 unspecified atom stereocenters. The molecule has 1 rings (SSSR count). The van der Waals surface area contributed by atoms with Crippen molar-refractivity contribution in [3.05, 3.63) is 22.7 Å². The van der Waals surface area contributed by atoms with E-state index in [2.05, 4.69) is 4.72 Å². The first-order valence-electron chi connectivity index (χ1n) is 6.77. The van der Waals surface area contributed by atoms with Gasteiger partial charge in [0.25, 0.3) is 5.91 Å². The fraction of sp³-hybridized carbons (Fsp3) is 0.500. The van der Waals surface area contributed by atoms with E-state index in [1.165, 1.54) is 24.1 Å². The predicted molar refractivity (Wildman–Crippen MR) is 96.7 cm³/mol. The van der Waals surface area contributed by atoms with Crippen molar-refractivity contribution < 1.29 is 17.9 Å². The Bertz CT molecular complexity index is 701. The number of hydrogen-bond acceptors (Lipinski definition) is 5. The smallest absolute Gasteiger partial charge is 0.257 e. The van der Waals surface area contributed by atoms with Gasteiger partial charge in [-0.2, -0.15) is 0 Å². The third-order valence-electron chi connectivity index (χ3n) is 2.87. The lowest BCUT2D eigenvalue weighted by Gasteiger charge is -2.21. The molecular weight excluding hydrogens is 377 g/mol. The van der Waals surface area contributed by atoms with E-state index in [-0.39, 0.29) is 40.2 Å². The number of benzene rings is 1. The van der Waals surface area contributed by atoms with Crippen molar-refractivity contribution in [1.82, 2.24) is 9.62 Å². The Morgan fingerprint density at radius 2 is 1.92 bits per heavy atom. The molecule has 10 heteroatoms. The molecule has 1 aromatic rings. The van der Waals surface area contributed by atoms with E-state index < -0.39 is 21.5 Å². The molecule has 0 saturated heterocycles. The standard InChI is InChI=1S/C14H22ClN3O4S.ClH/c1-14(2,16)8-17-23(20,21)11-7-9(15)6-10(12(11)22-5)13(19)18(3)4;/h6-7,17H,8,16H2,1-5H3;1H. The van der Waals surface area contributed by atoms with Crippen molar-refractivity contribution >= 4 is 39.9 Å². The van der Waals surface area contributed by atoms with Crippen LogP contribution in [0.4, 0.5) is 0 Å². The monoisotopic (exact) mass is 399 g/mol. The summed E-state index contributed by atoms with van der Waals surface area (Å²) < 4.78 is 32.6. The molecule has 0 bridgehead atoms. The number of amides is 1. The van der Waals surface area contributed by atoms with Crippen molar-refractivity contribution in [2.75, 3.05) is 27.7 Å². The zero-order valence-corrected chi connectivity index (χ0v) is 16.6. The van der Waals surface area contributed by atoms with E-state index in [1.54, 1.807) is 27.9 Å². The highest BCUT2D eigenvalue weighted by Gasteiger charge is 2.27. The van der Waals surface area contributed by atoms with Gasteiger partial charge >= 0.3 is 0 Å². The van der Waals surface area contributed by atoms with Crippen LogP contribution in [0, 0.1) is 0 Å². The minimum atomic E-state index is -3.95. The average molecular weight is 400 g/mol. The lowest BCUT2D eigenvalue weighted by atomic mass is 10.1. The molecule has 0 radical (unpaired) electrons. The van der Waals surface area contributed by atoms with Gasteiger partial charge in [-0.1, -0.05) is 11.6 Å². The summed E-state index contributed by atoms with van der Waals surface area (Å²) >= 11 is 5.98. The zero-order chi connectivity index (χ0) is 18.0. The lowest BCUT2D eigenvalue weighted by molar-refractivity contribution is 0.0824. The summed E-state index contributed by atoms with van der Waals surface area (Å²) in [5, 5.41) is 0.114. The van der Waals surface area contributed by atoms with E-state index in [9.17, 15) is 13.2 Å². The Morgan fingerprint density at radius 3 is 2.33 bits per heavy atom. The van der Waals surface area contributed by atoms with E-state index >= 15 is 0 Å². The van der Waals surface area contributed by atoms with Crippen molar-refractivity contribution in [2.45, 2.75) is 24.3 Å². The van der Waals surface area contributed by atoms with Gasteiger partial charge in [-0.25, -0.2) is 13.1 Å². The Hall–Kier alpha value is -1.06. The molecule has 7 nitrogen and oxygen atoms in total. The maximum Gasteiger partial charge on any atom is 0.257 e. The van der Waals surface area contributed by atoms with Gasteiger partial charge in [0.1, 0.15) is 4.90 Å². The van der Waals surface area contributed by atoms with Crippen LogP contribution in [0.5, 0.6) is 5.75 Å². The van der Waals surface area contributed by atoms with Gasteiger partial charge in [-0.15, -0.1) is 12.4 Å². The zero-order valence-electron chi connectivity index (χ0n) is 14.2. The SMILES string of the molecule is COc1c(C(=O)N(C)C)cc(Cl)cc1S(=O)(=O)NCC(C)(C)N.Cl. The second-order valence-corrected chi connectivity index (χ2v) is 8.17. The van der Waals surface area contributed by atoms with E-state index in [4.69, 9.17) is 22.1 Å². The van der Waals surface area contributed by atoms with Crippen LogP contribution in [0.25, 0.3) is 0 Å². The van der Waals surface area contributed by atoms with Crippen LogP contribution >= 0.6 is 24.0 Å². The molecule has 0 aliphatic rings. The van der Waals surface area contributed by atoms with Crippen molar-refractivity contribution in [1.29, 1.82) is 0 Å². The Balaban J connectivity index is 0.00000529. The van der Waals surface area contributed by atoms with E-state index in [0.29, 0.717) is 0 Å². The minimum absolute atomic E-state index is 0. The number of methoxy groups -OCH3 is 1. The summed E-state index contributed by atoms with van der Waals surface area (Å²) in [7, 11) is 0.438. The fourth-order valence-electron chi connectivity index (χ4n) is 1.74. The molecule has 1 aromatic carbocycles. The molecule has 0 fully saturated rings. The lowest BCUT2D eigenvalue weighted by Crippen LogP contribution is -2.45. The molecule has 138 valence electrons. The maximum atomic E-state index is 12.5. The molecule has 0 aromatic heterocycles. The van der Waals surface area contributed by atoms with Gasteiger partial charge in [0.05, 0.1) is 12.7 Å². The first-order chi connectivity index (χ1) is 10.4. The number of halogens is 2. The van der Waals surface area contributed by atoms with Crippen LogP contribution in [0.3, 0.4) is 0 Å². The molecule has 0 spiro atoms. The summed E-state index contributed by atoms with van der Waals surface area (Å²) in [5.41, 5.74) is 5.13. The molecular formula is C14H23Cl2N3O4S. The summed E-state index contributed by atoms with van der Waals surface area (Å²) in [6.07, 6.45) is 0. The van der Waals surface area contributed by atoms with Crippen LogP contribution in [-0.2, 0) is 10.0 Å². The molecule has 3 N–H and O–H groups in total. The first kappa shape index (κ1) is 22.9. The molecule has 0 aliphatic heterocycles. The van der Waals surface area contributed by atoms with Crippen LogP contribution < -0.4 is 15.2 Å². The number of ether oxygens (including phenoxy) is 1. The average Bonchev–Trinajstić information content (AvgIpc) is 2.42. The second-order valence-electron chi connectivity index (χ2n) is 6.00. The van der Waals surface area contributed by atoms with Crippen LogP contribution in [0.2, 0.25) is 5.02 Å². The quantitative estimate of drug-likeness (QED) is 0.754. The molecule has 24 heavy (non-hydrogen) atoms. The Morgan fingerprint density at radius 1 is 1.38 bits per heavy atom. The van der Waals surface area contributed by atoms with Gasteiger partial charge in [-0.3, -0.25) is 4.79 Å². The molecule has 0 heterocycles. The highest BCUT2D eigenvalue weighted by Crippen LogP contribution is 2.32. The number of rotatable bonds is 6. The minimum Gasteiger partial charge on any atom is -0.494 e. The number of nitrogens with one attached hydrogen (secondary N) is 1. The van der Waals surface area contributed by atoms with Crippen molar-refractivity contribution in [3.63, 3.8) is 0 Å². The van der Waals surface area contributed by atoms with Crippen LogP contribution in [0.15, 0.2) is 17.0 Å². The highest BCUT2D eigenvalue weighted by molar-refractivity contribution is 7.89. The molecule has 0 saturated carbocycles. The Kier molecular flexibility index (Phi) is 7.98. The van der Waals surface area contributed by atoms with Crippen LogP contribution in [0.1, 0.15) is 24.2 Å². The topological polar surface area (TPSA) is 102 Å². The summed E-state index contributed by atoms with van der Waals surface area (Å²) in [4.78, 5) is 13.3. The van der Waals surface area contributed by atoms with Crippen molar-refractivity contribution in [3.8, 4) is 5.75 Å². The van der Waals surface area contributed by atoms with Gasteiger partial charge in [-0.05, 0) is 26.0 Å². The largest absolute Gasteiger partial charge is 0.494 e. The molecule has 1 amide bonds. The summed E-state index contributed by atoms with van der Waals surface area (Å²) in [5.74, 6) is -0.476. The van der Waals surface area contributed by atoms with E-state index in [1.807, 2.05) is 0 Å². The predicted octanol–water partition coefficient (Wildman–Crippen LogP) is 1.49. The van der Waals surface area contributed by atoms with Crippen molar-refractivity contribution in [2.24, 2.45) is 5.73 Å². The van der Waals surface area contributed by atoms with E-state index in [0.717, 1.165) is 0 Å². The number of sulfonamides is 1. The normalized spacial score (nSPS) is 11.6. The second kappa shape index (κ2) is 8.35. The number of carbonyl (C=O) groups is 1. The summed E-state index contributed by atoms with van der Waals surface area (Å²) in [6.45, 7) is 3.39. The molecule has 0 atom stereocenters. The third-order valence-corrected chi connectivity index (χ3v) is 4.49. The van der Waals surface area contributed by atoms with Gasteiger partial charge in [0.15, 0.2) is 5.75 Å². The van der Waals surface area contributed by atoms with Gasteiger partial charge in [0.2, 0.25) is 10.0 Å². The van der Waals surface area contributed by atoms with Gasteiger partial charge in [0, 0.05) is 31.2 Å². The fourth-order valence-corrected chi connectivity index (χ4v) is 3.46. The number of nitrogens with zero attached hydrogens (tertiary/aromatic N) is 1. The van der Waals surface area contributed by atoms with Crippen LogP contribution in [-0.4, -0.2) is 52.5 Å². The third kappa shape index (κ3) is 5.78. The number of hydrogen-bond donors (Lipinski definition) is 2. The number of nitrogens with two attached hydrogens (primary N) is 1. The first-order valence-corrected chi connectivity index (χ1v) is 8.63. The maximum absolute atomic E-state index is 12.5. The van der Waals surface area contributed by atoms with Gasteiger partial charge < -0.3 is 15.4 Å². The summed E-state index contributed by atoms with van der Waals surface area (Å²) in [6, 6.07) is 2.60. The Labute approximate surface area is 153 Å².